The van der Waals surface area contributed by atoms with Gasteiger partial charge in [0.05, 0.1) is 24.2 Å². The summed E-state index contributed by atoms with van der Waals surface area (Å²) in [6.45, 7) is 141. The van der Waals surface area contributed by atoms with E-state index >= 15 is 0 Å². The van der Waals surface area contributed by atoms with Crippen LogP contribution in [0.3, 0.4) is 0 Å². The Kier molecular flexibility index (Phi) is 47.7. The van der Waals surface area contributed by atoms with E-state index in [1.54, 1.807) is 13.8 Å². The number of quaternary nitrogens is 2. The van der Waals surface area contributed by atoms with E-state index in [0.717, 1.165) is 70.1 Å². The largest absolute Gasteiger partial charge is 0.342 e. The highest BCUT2D eigenvalue weighted by Crippen LogP contribution is 2.43. The molecule has 11 rings (SSSR count). The number of amides is 9. The first kappa shape index (κ1) is 134. The fraction of sp³-hybridized carbons (Fsp3) is 0.925. The maximum absolute atomic E-state index is 12.2. The number of imide groups is 3. The number of fused-ring (bicyclic) bond motifs is 3. The summed E-state index contributed by atoms with van der Waals surface area (Å²) in [4.78, 5) is 129. The van der Waals surface area contributed by atoms with E-state index in [-0.39, 0.29) is 105 Å². The van der Waals surface area contributed by atoms with Crippen LogP contribution in [0, 0.1) is 84.2 Å². The standard InChI is InChI=1S/C15H31N.C14H30N2.C14H25NO2.2C14H27NO.C13H27N.C12H20N2O3.C12H22N2O2.C12H26N2/c1-14(2,3)11-13-7-9-16(10-8-13)12-15(4,5)6;1-13(2,3)15-7-10-16(11-8-15,12-9-15)14(4,5)6;1-13(2,3)8-10-7-11(16)15(12(10)17)9-14(4,5)6;1-13(2,3)8-11-7-12(16)15(9-11)10-14(4,5)6;1-13(2,3)9-11-7-8-15(12(11)16)10-14(4,5)6;1-12(2,3)11-7-9-14(10-8-11)13(4,5)6;1-8(2)11(17)13-6-9(15)14(10(16)7-13)12(3,4)5;1-11(2,3)13-7-9(15)14(10(16)8-13)12(4,5)6;1-11(2,3)13-7-9-14(10-8-13)12(4,5)6/h13H,7-12H2,1-6H3;7-12H2,1-6H3;10H,7-9H2,1-6H3;2*11H,7-10H2,1-6H3;11H,7-10H2,1-6H3;8H,6-7H2,1-5H3;7-8H2,1-6H3;7-10H2,1-6H3/q;+2;;;;;;;. The molecule has 0 radical (unpaired) electrons. The lowest BCUT2D eigenvalue weighted by Crippen LogP contribution is -2.82. The number of carbonyl (C=O) groups excluding carboxylic acids is 9. The minimum absolute atomic E-state index is 0.0000231. The molecule has 3 atom stereocenters. The normalized spacial score (nSPS) is 23.7. The first-order chi connectivity index (χ1) is 63.0. The van der Waals surface area contributed by atoms with E-state index in [1.165, 1.54) is 159 Å². The van der Waals surface area contributed by atoms with E-state index in [2.05, 4.69) is 299 Å². The van der Waals surface area contributed by atoms with Crippen molar-refractivity contribution in [2.24, 2.45) is 84.2 Å². The number of rotatable bonds is 9. The van der Waals surface area contributed by atoms with Crippen LogP contribution in [0.5, 0.6) is 0 Å². The molecule has 9 amide bonds. The van der Waals surface area contributed by atoms with Gasteiger partial charge in [-0.1, -0.05) is 201 Å². The van der Waals surface area contributed by atoms with Gasteiger partial charge in [-0.2, -0.15) is 0 Å². The molecule has 142 heavy (non-hydrogen) atoms. The first-order valence-electron chi connectivity index (χ1n) is 55.9. The quantitative estimate of drug-likeness (QED) is 0.157. The highest BCUT2D eigenvalue weighted by molar-refractivity contribution is 6.04. The van der Waals surface area contributed by atoms with Crippen LogP contribution in [-0.2, 0) is 43.2 Å². The fourth-order valence-electron chi connectivity index (χ4n) is 22.3. The third kappa shape index (κ3) is 47.4. The number of carbonyl (C=O) groups is 9. The molecule has 22 heteroatoms. The molecule has 2 bridgehead atoms. The molecule has 0 aromatic carbocycles. The van der Waals surface area contributed by atoms with E-state index in [0.29, 0.717) is 93.1 Å². The van der Waals surface area contributed by atoms with Crippen molar-refractivity contribution < 1.29 is 52.1 Å². The predicted molar refractivity (Wildman–Crippen MR) is 599 cm³/mol. The number of nitrogens with zero attached hydrogens (tertiary/aromatic N) is 13. The van der Waals surface area contributed by atoms with Crippen molar-refractivity contribution >= 4 is 53.2 Å². The van der Waals surface area contributed by atoms with Crippen molar-refractivity contribution in [3.63, 3.8) is 0 Å². The van der Waals surface area contributed by atoms with Crippen molar-refractivity contribution in [3.05, 3.63) is 0 Å². The molecule has 0 N–H and O–H groups in total. The van der Waals surface area contributed by atoms with Gasteiger partial charge in [0.25, 0.3) is 0 Å². The van der Waals surface area contributed by atoms with Crippen LogP contribution in [0.4, 0.5) is 0 Å². The molecule has 11 aliphatic heterocycles. The number of hydrogen-bond acceptors (Lipinski definition) is 14. The van der Waals surface area contributed by atoms with E-state index in [1.807, 2.05) is 88.0 Å². The van der Waals surface area contributed by atoms with Crippen molar-refractivity contribution in [2.75, 3.05) is 157 Å². The molecule has 0 aromatic rings. The molecule has 11 heterocycles. The van der Waals surface area contributed by atoms with Gasteiger partial charge in [0.1, 0.15) is 52.4 Å². The van der Waals surface area contributed by atoms with Gasteiger partial charge in [-0.15, -0.1) is 0 Å². The second-order valence-electron chi connectivity index (χ2n) is 63.9. The third-order valence-electron chi connectivity index (χ3n) is 29.9. The minimum atomic E-state index is -0.527. The van der Waals surface area contributed by atoms with Gasteiger partial charge in [-0.05, 0) is 317 Å². The second-order valence-corrected chi connectivity index (χ2v) is 63.9. The van der Waals surface area contributed by atoms with Crippen LogP contribution in [-0.4, -0.2) is 317 Å². The summed E-state index contributed by atoms with van der Waals surface area (Å²) in [6, 6.07) is 0. The molecule has 11 fully saturated rings. The molecular formula is C120H235N13O9+2. The van der Waals surface area contributed by atoms with Crippen molar-refractivity contribution in [2.45, 2.75) is 482 Å². The van der Waals surface area contributed by atoms with Gasteiger partial charge in [-0.3, -0.25) is 77.5 Å². The summed E-state index contributed by atoms with van der Waals surface area (Å²) in [5.41, 5.74) is 3.39. The van der Waals surface area contributed by atoms with E-state index < -0.39 is 11.1 Å². The fourth-order valence-corrected chi connectivity index (χ4v) is 22.3. The Labute approximate surface area is 877 Å². The van der Waals surface area contributed by atoms with Crippen LogP contribution < -0.4 is 0 Å². The topological polar surface area (TPSA) is 189 Å². The zero-order valence-electron chi connectivity index (χ0n) is 104. The number of piperidine rings is 2. The highest BCUT2D eigenvalue weighted by Gasteiger charge is 2.58. The number of piperazine rings is 6. The Morgan fingerprint density at radius 1 is 0.289 bits per heavy atom. The molecule has 0 aliphatic carbocycles. The average Bonchev–Trinajstić information content (AvgIpc) is 0.860. The van der Waals surface area contributed by atoms with Crippen molar-refractivity contribution in [3.8, 4) is 0 Å². The van der Waals surface area contributed by atoms with E-state index in [4.69, 9.17) is 0 Å². The lowest BCUT2D eigenvalue weighted by atomic mass is 9.75. The molecule has 22 nitrogen and oxygen atoms in total. The Hall–Kier alpha value is -4.45. The molecule has 0 spiro atoms. The zero-order chi connectivity index (χ0) is 111. The second kappa shape index (κ2) is 50.7. The Morgan fingerprint density at radius 2 is 0.606 bits per heavy atom. The van der Waals surface area contributed by atoms with Crippen LogP contribution in [0.15, 0.2) is 0 Å². The Bertz CT molecular complexity index is 3690. The molecule has 11 saturated heterocycles. The van der Waals surface area contributed by atoms with Gasteiger partial charge in [0.15, 0.2) is 0 Å². The lowest BCUT2D eigenvalue weighted by molar-refractivity contribution is -1.12. The predicted octanol–water partition coefficient (Wildman–Crippen LogP) is 23.5. The zero-order valence-corrected chi connectivity index (χ0v) is 104. The average molecular weight is 2000 g/mol. The highest BCUT2D eigenvalue weighted by atomic mass is 16.2. The molecule has 832 valence electrons. The van der Waals surface area contributed by atoms with Gasteiger partial charge in [0, 0.05) is 129 Å². The van der Waals surface area contributed by atoms with E-state index in [9.17, 15) is 43.2 Å². The van der Waals surface area contributed by atoms with Crippen LogP contribution >= 0.6 is 0 Å². The third-order valence-corrected chi connectivity index (χ3v) is 29.9. The smallest absolute Gasteiger partial charge is 0.249 e. The van der Waals surface area contributed by atoms with Crippen molar-refractivity contribution in [1.82, 2.24) is 53.9 Å². The first-order valence-corrected chi connectivity index (χ1v) is 55.9. The van der Waals surface area contributed by atoms with Crippen LogP contribution in [0.1, 0.15) is 438 Å². The Balaban J connectivity index is 0.000000540. The summed E-state index contributed by atoms with van der Waals surface area (Å²) in [7, 11) is 0. The van der Waals surface area contributed by atoms with Gasteiger partial charge in [-0.25, -0.2) is 0 Å². The molecule has 0 saturated carbocycles. The number of hydrogen-bond donors (Lipinski definition) is 0. The maximum atomic E-state index is 12.2. The SMILES string of the molecule is CC(C)(C)C1CCN(C(C)(C)C)CC1.CC(C)(C)CC1CC(=O)N(CC(C)(C)C)C1.CC(C)(C)CC1CC(=O)N(CC(C)(C)C)C1=O.CC(C)(C)CC1CCN(CC(C)(C)C)C1=O.CC(C)(C)CC1CCN(CC(C)(C)C)CC1.CC(C)(C)N1CC(=O)N(C(C)(C)C)C(=O)C1.CC(C)(C)N1CCN(C(C)(C)C)CC1.CC(C)(C)[N+]12CC[N+](C(C)(C)C)(CC1)CC2.CC(C)C(=O)N1CC(=O)N(C(C)(C)C)C(=O)C1. The molecule has 0 aromatic heterocycles. The maximum Gasteiger partial charge on any atom is 0.249 e. The van der Waals surface area contributed by atoms with Gasteiger partial charge in [0.2, 0.25) is 53.2 Å². The summed E-state index contributed by atoms with van der Waals surface area (Å²) >= 11 is 0. The van der Waals surface area contributed by atoms with Crippen LogP contribution in [0.2, 0.25) is 0 Å². The minimum Gasteiger partial charge on any atom is -0.342 e. The van der Waals surface area contributed by atoms with Crippen LogP contribution in [0.25, 0.3) is 0 Å². The summed E-state index contributed by atoms with van der Waals surface area (Å²) in [5, 5.41) is 0. The summed E-state index contributed by atoms with van der Waals surface area (Å²) in [5.74, 6) is 2.22. The summed E-state index contributed by atoms with van der Waals surface area (Å²) in [6.07, 6.45) is 12.1. The number of likely N-dealkylation sites (tertiary alicyclic amines) is 5. The lowest BCUT2D eigenvalue weighted by Gasteiger charge is -2.63. The summed E-state index contributed by atoms with van der Waals surface area (Å²) < 4.78 is 2.73. The molecular weight excluding hydrogens is 1770 g/mol. The monoisotopic (exact) mass is 2000 g/mol. The molecule has 3 unspecified atom stereocenters. The Morgan fingerprint density at radius 3 is 0.908 bits per heavy atom. The van der Waals surface area contributed by atoms with Crippen molar-refractivity contribution in [1.29, 1.82) is 0 Å². The van der Waals surface area contributed by atoms with Gasteiger partial charge < -0.3 is 28.6 Å². The molecule has 11 aliphatic rings. The van der Waals surface area contributed by atoms with Gasteiger partial charge >= 0.3 is 0 Å².